The van der Waals surface area contributed by atoms with Gasteiger partial charge in [-0.25, -0.2) is 4.39 Å². The maximum Gasteiger partial charge on any atom is 0.123 e. The Labute approximate surface area is 84.3 Å². The first-order chi connectivity index (χ1) is 6.75. The third kappa shape index (κ3) is 2.13. The van der Waals surface area contributed by atoms with E-state index in [1.54, 1.807) is 0 Å². The number of hydrogen-bond acceptors (Lipinski definition) is 1. The highest BCUT2D eigenvalue weighted by Gasteiger charge is 2.22. The van der Waals surface area contributed by atoms with Gasteiger partial charge in [0.1, 0.15) is 5.82 Å². The van der Waals surface area contributed by atoms with Crippen LogP contribution in [0.3, 0.4) is 0 Å². The van der Waals surface area contributed by atoms with Gasteiger partial charge in [-0.15, -0.1) is 0 Å². The summed E-state index contributed by atoms with van der Waals surface area (Å²) in [5, 5.41) is 3.48. The van der Waals surface area contributed by atoms with Gasteiger partial charge in [0.15, 0.2) is 0 Å². The van der Waals surface area contributed by atoms with Gasteiger partial charge < -0.3 is 5.32 Å². The average Bonchev–Trinajstić information content (AvgIpc) is 2.56. The van der Waals surface area contributed by atoms with Crippen LogP contribution in [0, 0.1) is 11.7 Å². The molecule has 1 heterocycles. The van der Waals surface area contributed by atoms with Crippen LogP contribution in [-0.4, -0.2) is 12.6 Å². The number of halogens is 1. The molecule has 1 saturated heterocycles. The molecule has 0 amide bonds. The number of hydrogen-bond donors (Lipinski definition) is 1. The van der Waals surface area contributed by atoms with Gasteiger partial charge in [-0.1, -0.05) is 19.1 Å². The Morgan fingerprint density at radius 3 is 2.64 bits per heavy atom. The zero-order chi connectivity index (χ0) is 9.97. The fourth-order valence-corrected chi connectivity index (χ4v) is 2.05. The molecule has 2 heteroatoms. The van der Waals surface area contributed by atoms with E-state index < -0.39 is 0 Å². The van der Waals surface area contributed by atoms with Gasteiger partial charge in [-0.05, 0) is 43.0 Å². The van der Waals surface area contributed by atoms with Gasteiger partial charge in [0.2, 0.25) is 0 Å². The van der Waals surface area contributed by atoms with Gasteiger partial charge >= 0.3 is 0 Å². The van der Waals surface area contributed by atoms with Crippen molar-refractivity contribution in [2.75, 3.05) is 6.54 Å². The Hall–Kier alpha value is -0.890. The molecular weight excluding hydrogens is 177 g/mol. The monoisotopic (exact) mass is 193 g/mol. The first-order valence-electron chi connectivity index (χ1n) is 5.23. The molecule has 1 N–H and O–H groups in total. The molecule has 1 aromatic carbocycles. The van der Waals surface area contributed by atoms with E-state index in [4.69, 9.17) is 0 Å². The number of rotatable bonds is 2. The summed E-state index contributed by atoms with van der Waals surface area (Å²) in [6.07, 6.45) is 2.27. The largest absolute Gasteiger partial charge is 0.313 e. The Balaban J connectivity index is 2.00. The maximum absolute atomic E-state index is 12.7. The van der Waals surface area contributed by atoms with Crippen molar-refractivity contribution in [2.24, 2.45) is 5.92 Å². The zero-order valence-electron chi connectivity index (χ0n) is 8.46. The third-order valence-corrected chi connectivity index (χ3v) is 3.06. The molecule has 0 aromatic heterocycles. The minimum atomic E-state index is -0.152. The van der Waals surface area contributed by atoms with E-state index in [0.717, 1.165) is 18.9 Å². The second kappa shape index (κ2) is 4.09. The molecule has 2 rings (SSSR count). The fraction of sp³-hybridized carbons (Fsp3) is 0.500. The first-order valence-corrected chi connectivity index (χ1v) is 5.23. The molecule has 0 saturated carbocycles. The van der Waals surface area contributed by atoms with E-state index in [0.29, 0.717) is 6.04 Å². The highest BCUT2D eigenvalue weighted by atomic mass is 19.1. The summed E-state index contributed by atoms with van der Waals surface area (Å²) in [7, 11) is 0. The van der Waals surface area contributed by atoms with Crippen molar-refractivity contribution in [1.29, 1.82) is 0 Å². The van der Waals surface area contributed by atoms with Crippen molar-refractivity contribution in [1.82, 2.24) is 5.32 Å². The van der Waals surface area contributed by atoms with Crippen molar-refractivity contribution in [2.45, 2.75) is 25.8 Å². The molecule has 2 atom stereocenters. The molecule has 0 spiro atoms. The summed E-state index contributed by atoms with van der Waals surface area (Å²) in [4.78, 5) is 0. The van der Waals surface area contributed by atoms with Crippen LogP contribution in [0.25, 0.3) is 0 Å². The Bertz CT molecular complexity index is 294. The standard InChI is InChI=1S/C12H16FN/c1-9-6-7-14-12(9)8-10-2-4-11(13)5-3-10/h2-5,9,12,14H,6-8H2,1H3. The molecule has 1 fully saturated rings. The van der Waals surface area contributed by atoms with E-state index >= 15 is 0 Å². The molecule has 0 bridgehead atoms. The van der Waals surface area contributed by atoms with Crippen LogP contribution in [0.4, 0.5) is 4.39 Å². The SMILES string of the molecule is CC1CCNC1Cc1ccc(F)cc1. The van der Waals surface area contributed by atoms with Crippen molar-refractivity contribution in [3.05, 3.63) is 35.6 Å². The zero-order valence-corrected chi connectivity index (χ0v) is 8.46. The Morgan fingerprint density at radius 2 is 2.07 bits per heavy atom. The topological polar surface area (TPSA) is 12.0 Å². The van der Waals surface area contributed by atoms with E-state index in [-0.39, 0.29) is 5.82 Å². The number of benzene rings is 1. The highest BCUT2D eigenvalue weighted by Crippen LogP contribution is 2.18. The van der Waals surface area contributed by atoms with E-state index in [2.05, 4.69) is 12.2 Å². The summed E-state index contributed by atoms with van der Waals surface area (Å²) < 4.78 is 12.7. The summed E-state index contributed by atoms with van der Waals surface area (Å²) in [5.74, 6) is 0.584. The lowest BCUT2D eigenvalue weighted by Gasteiger charge is -2.15. The second-order valence-electron chi connectivity index (χ2n) is 4.16. The quantitative estimate of drug-likeness (QED) is 0.760. The normalized spacial score (nSPS) is 26.7. The fourth-order valence-electron chi connectivity index (χ4n) is 2.05. The number of nitrogens with one attached hydrogen (secondary N) is 1. The van der Waals surface area contributed by atoms with Crippen LogP contribution in [0.15, 0.2) is 24.3 Å². The first kappa shape index (κ1) is 9.66. The average molecular weight is 193 g/mol. The lowest BCUT2D eigenvalue weighted by atomic mass is 9.96. The van der Waals surface area contributed by atoms with Gasteiger partial charge in [-0.3, -0.25) is 0 Å². The molecular formula is C12H16FN. The highest BCUT2D eigenvalue weighted by molar-refractivity contribution is 5.17. The third-order valence-electron chi connectivity index (χ3n) is 3.06. The molecule has 0 radical (unpaired) electrons. The van der Waals surface area contributed by atoms with Crippen LogP contribution in [0.5, 0.6) is 0 Å². The van der Waals surface area contributed by atoms with Crippen molar-refractivity contribution < 1.29 is 4.39 Å². The van der Waals surface area contributed by atoms with Crippen molar-refractivity contribution in [3.63, 3.8) is 0 Å². The lowest BCUT2D eigenvalue weighted by molar-refractivity contribution is 0.479. The smallest absolute Gasteiger partial charge is 0.123 e. The minimum absolute atomic E-state index is 0.152. The predicted molar refractivity (Wildman–Crippen MR) is 55.7 cm³/mol. The molecule has 76 valence electrons. The molecule has 1 aromatic rings. The predicted octanol–water partition coefficient (Wildman–Crippen LogP) is 2.37. The van der Waals surface area contributed by atoms with Crippen LogP contribution >= 0.6 is 0 Å². The van der Waals surface area contributed by atoms with Gasteiger partial charge in [0.25, 0.3) is 0 Å². The van der Waals surface area contributed by atoms with Gasteiger partial charge in [-0.2, -0.15) is 0 Å². The molecule has 0 aliphatic carbocycles. The second-order valence-corrected chi connectivity index (χ2v) is 4.16. The van der Waals surface area contributed by atoms with Crippen LogP contribution in [-0.2, 0) is 6.42 Å². The minimum Gasteiger partial charge on any atom is -0.313 e. The molecule has 1 aliphatic rings. The Kier molecular flexibility index (Phi) is 2.82. The summed E-state index contributed by atoms with van der Waals surface area (Å²) in [6, 6.07) is 7.40. The van der Waals surface area contributed by atoms with Crippen LogP contribution in [0.2, 0.25) is 0 Å². The summed E-state index contributed by atoms with van der Waals surface area (Å²) >= 11 is 0. The van der Waals surface area contributed by atoms with Gasteiger partial charge in [0.05, 0.1) is 0 Å². The van der Waals surface area contributed by atoms with E-state index in [1.807, 2.05) is 12.1 Å². The molecule has 14 heavy (non-hydrogen) atoms. The maximum atomic E-state index is 12.7. The van der Waals surface area contributed by atoms with Crippen LogP contribution < -0.4 is 5.32 Å². The molecule has 1 nitrogen and oxygen atoms in total. The summed E-state index contributed by atoms with van der Waals surface area (Å²) in [6.45, 7) is 3.39. The molecule has 2 unspecified atom stereocenters. The molecule has 1 aliphatic heterocycles. The van der Waals surface area contributed by atoms with Gasteiger partial charge in [0, 0.05) is 6.04 Å². The van der Waals surface area contributed by atoms with E-state index in [1.165, 1.54) is 24.1 Å². The van der Waals surface area contributed by atoms with E-state index in [9.17, 15) is 4.39 Å². The van der Waals surface area contributed by atoms with Crippen molar-refractivity contribution in [3.8, 4) is 0 Å². The van der Waals surface area contributed by atoms with Crippen molar-refractivity contribution >= 4 is 0 Å². The lowest BCUT2D eigenvalue weighted by Crippen LogP contribution is -2.27. The summed E-state index contributed by atoms with van der Waals surface area (Å²) in [5.41, 5.74) is 1.22. The Morgan fingerprint density at radius 1 is 1.36 bits per heavy atom. The van der Waals surface area contributed by atoms with Crippen LogP contribution in [0.1, 0.15) is 18.9 Å².